The Morgan fingerprint density at radius 2 is 1.68 bits per heavy atom. The first-order valence-electron chi connectivity index (χ1n) is 10.4. The summed E-state index contributed by atoms with van der Waals surface area (Å²) < 4.78 is 43.6. The number of amides is 1. The lowest BCUT2D eigenvalue weighted by Crippen LogP contribution is -2.36. The fourth-order valence-electron chi connectivity index (χ4n) is 3.18. The number of carbonyl (C=O) groups is 1. The summed E-state index contributed by atoms with van der Waals surface area (Å²) in [6, 6.07) is 9.52. The van der Waals surface area contributed by atoms with Crippen molar-refractivity contribution in [2.45, 2.75) is 11.8 Å². The molecule has 0 saturated carbocycles. The third kappa shape index (κ3) is 5.83. The van der Waals surface area contributed by atoms with Crippen LogP contribution in [0.1, 0.15) is 15.9 Å². The maximum atomic E-state index is 13.0. The highest BCUT2D eigenvalue weighted by atomic mass is 32.2. The third-order valence-electron chi connectivity index (χ3n) is 5.05. The van der Waals surface area contributed by atoms with Gasteiger partial charge in [0, 0.05) is 32.9 Å². The van der Waals surface area contributed by atoms with Crippen molar-refractivity contribution < 1.29 is 27.4 Å². The second-order valence-corrected chi connectivity index (χ2v) is 10.2. The van der Waals surface area contributed by atoms with Crippen LogP contribution in [-0.4, -0.2) is 71.2 Å². The van der Waals surface area contributed by atoms with Crippen molar-refractivity contribution in [1.82, 2.24) is 14.7 Å². The van der Waals surface area contributed by atoms with Gasteiger partial charge in [-0.2, -0.15) is 4.31 Å². The highest BCUT2D eigenvalue weighted by molar-refractivity contribution is 7.89. The molecule has 34 heavy (non-hydrogen) atoms. The van der Waals surface area contributed by atoms with Crippen molar-refractivity contribution in [3.05, 3.63) is 47.5 Å². The molecule has 2 aromatic carbocycles. The summed E-state index contributed by atoms with van der Waals surface area (Å²) in [5, 5.41) is 0.502. The monoisotopic (exact) mass is 508 g/mol. The van der Waals surface area contributed by atoms with Crippen LogP contribution in [0.3, 0.4) is 0 Å². The molecule has 1 amide bonds. The summed E-state index contributed by atoms with van der Waals surface area (Å²) >= 11 is 1.39. The van der Waals surface area contributed by atoms with Gasteiger partial charge in [0.15, 0.2) is 0 Å². The van der Waals surface area contributed by atoms with Gasteiger partial charge in [-0.25, -0.2) is 13.4 Å². The van der Waals surface area contributed by atoms with Gasteiger partial charge < -0.3 is 14.2 Å². The highest BCUT2D eigenvalue weighted by Crippen LogP contribution is 2.34. The molecule has 0 fully saturated rings. The van der Waals surface area contributed by atoms with Gasteiger partial charge in [-0.15, -0.1) is 0 Å². The summed E-state index contributed by atoms with van der Waals surface area (Å²) in [4.78, 5) is 17.2. The first-order chi connectivity index (χ1) is 16.3. The van der Waals surface area contributed by atoms with E-state index in [4.69, 9.17) is 14.2 Å². The summed E-state index contributed by atoms with van der Waals surface area (Å²) in [5.74, 6) is 0.223. The molecule has 3 aromatic rings. The Morgan fingerprint density at radius 1 is 1.03 bits per heavy atom. The average Bonchev–Trinajstić information content (AvgIpc) is 3.28. The van der Waals surface area contributed by atoms with E-state index in [2.05, 4.69) is 15.8 Å². The number of fused-ring (bicyclic) bond motifs is 1. The molecule has 10 nitrogen and oxygen atoms in total. The van der Waals surface area contributed by atoms with Crippen molar-refractivity contribution >= 4 is 42.6 Å². The molecule has 0 unspecified atom stereocenters. The van der Waals surface area contributed by atoms with Crippen molar-refractivity contribution in [2.75, 3.05) is 53.1 Å². The van der Waals surface area contributed by atoms with Gasteiger partial charge in [0.05, 0.1) is 29.9 Å². The number of aromatic nitrogens is 1. The Hall–Kier alpha value is -2.77. The lowest BCUT2D eigenvalue weighted by Gasteiger charge is -2.21. The van der Waals surface area contributed by atoms with E-state index in [-0.39, 0.29) is 31.2 Å². The minimum Gasteiger partial charge on any atom is -0.494 e. The van der Waals surface area contributed by atoms with Crippen LogP contribution in [0, 0.1) is 6.92 Å². The lowest BCUT2D eigenvalue weighted by atomic mass is 10.2. The van der Waals surface area contributed by atoms with Gasteiger partial charge in [0.2, 0.25) is 15.2 Å². The predicted octanol–water partition coefficient (Wildman–Crippen LogP) is 2.65. The summed E-state index contributed by atoms with van der Waals surface area (Å²) in [6.45, 7) is 2.88. The number of methoxy groups -OCH3 is 3. The van der Waals surface area contributed by atoms with Crippen LogP contribution in [0.25, 0.3) is 10.2 Å². The molecular formula is C22H28N4O6S2. The molecule has 12 heteroatoms. The van der Waals surface area contributed by atoms with E-state index in [1.165, 1.54) is 54.1 Å². The first-order valence-corrected chi connectivity index (χ1v) is 12.7. The number of nitrogens with one attached hydrogen (secondary N) is 2. The maximum absolute atomic E-state index is 13.0. The number of thiazole rings is 1. The van der Waals surface area contributed by atoms with Gasteiger partial charge in [0.25, 0.3) is 5.91 Å². The first kappa shape index (κ1) is 25.8. The molecule has 0 aliphatic rings. The molecule has 184 valence electrons. The topological polar surface area (TPSA) is 119 Å². The molecule has 1 aromatic heterocycles. The number of hydrazine groups is 1. The molecule has 0 spiro atoms. The number of anilines is 1. The van der Waals surface area contributed by atoms with E-state index in [1.54, 1.807) is 7.11 Å². The molecule has 0 aliphatic heterocycles. The second kappa shape index (κ2) is 11.6. The normalized spacial score (nSPS) is 11.7. The quantitative estimate of drug-likeness (QED) is 0.359. The molecule has 0 saturated heterocycles. The molecule has 0 bridgehead atoms. The molecule has 1 heterocycles. The van der Waals surface area contributed by atoms with Gasteiger partial charge in [-0.1, -0.05) is 17.4 Å². The minimum absolute atomic E-state index is 0.0814. The number of nitrogens with zero attached hydrogens (tertiary/aromatic N) is 2. The number of carbonyl (C=O) groups excluding carboxylic acids is 1. The van der Waals surface area contributed by atoms with E-state index < -0.39 is 15.9 Å². The zero-order valence-electron chi connectivity index (χ0n) is 19.5. The van der Waals surface area contributed by atoms with Crippen LogP contribution >= 0.6 is 11.3 Å². The van der Waals surface area contributed by atoms with Crippen LogP contribution in [0.4, 0.5) is 5.13 Å². The third-order valence-corrected chi connectivity index (χ3v) is 8.07. The van der Waals surface area contributed by atoms with E-state index >= 15 is 0 Å². The van der Waals surface area contributed by atoms with Crippen molar-refractivity contribution in [3.63, 3.8) is 0 Å². The van der Waals surface area contributed by atoms with E-state index in [9.17, 15) is 13.2 Å². The smallest absolute Gasteiger partial charge is 0.269 e. The molecule has 3 rings (SSSR count). The largest absolute Gasteiger partial charge is 0.494 e. The molecule has 2 N–H and O–H groups in total. The number of ether oxygens (including phenoxy) is 3. The lowest BCUT2D eigenvalue weighted by molar-refractivity contribution is 0.0962. The Balaban J connectivity index is 1.70. The second-order valence-electron chi connectivity index (χ2n) is 7.27. The van der Waals surface area contributed by atoms with Crippen LogP contribution in [0.5, 0.6) is 5.75 Å². The SMILES string of the molecule is COCCN(CCOC)S(=O)(=O)c1ccc(C(=O)NNc2nc3c(OC)ccc(C)c3s2)cc1. The van der Waals surface area contributed by atoms with Gasteiger partial charge >= 0.3 is 0 Å². The van der Waals surface area contributed by atoms with Crippen molar-refractivity contribution in [3.8, 4) is 5.75 Å². The summed E-state index contributed by atoms with van der Waals surface area (Å²) in [6.07, 6.45) is 0. The van der Waals surface area contributed by atoms with E-state index in [0.717, 1.165) is 10.3 Å². The Morgan fingerprint density at radius 3 is 2.26 bits per heavy atom. The number of benzene rings is 2. The highest BCUT2D eigenvalue weighted by Gasteiger charge is 2.24. The Bertz CT molecular complexity index is 1220. The summed E-state index contributed by atoms with van der Waals surface area (Å²) in [7, 11) is 0.834. The van der Waals surface area contributed by atoms with Crippen LogP contribution in [0.2, 0.25) is 0 Å². The Kier molecular flexibility index (Phi) is 8.80. The van der Waals surface area contributed by atoms with E-state index in [1.807, 2.05) is 19.1 Å². The van der Waals surface area contributed by atoms with Crippen molar-refractivity contribution in [2.24, 2.45) is 0 Å². The number of rotatable bonds is 12. The fourth-order valence-corrected chi connectivity index (χ4v) is 5.49. The standard InChI is InChI=1S/C22H28N4O6S2/c1-15-5-10-18(32-4)19-20(15)33-22(23-19)25-24-21(27)16-6-8-17(9-7-16)34(28,29)26(11-13-30-2)12-14-31-3/h5-10H,11-14H2,1-4H3,(H,23,25)(H,24,27). The van der Waals surface area contributed by atoms with Crippen LogP contribution in [-0.2, 0) is 19.5 Å². The summed E-state index contributed by atoms with van der Waals surface area (Å²) in [5.41, 5.74) is 7.47. The van der Waals surface area contributed by atoms with Crippen LogP contribution < -0.4 is 15.6 Å². The van der Waals surface area contributed by atoms with E-state index in [0.29, 0.717) is 22.0 Å². The van der Waals surface area contributed by atoms with Gasteiger partial charge in [-0.3, -0.25) is 15.6 Å². The van der Waals surface area contributed by atoms with Gasteiger partial charge in [-0.05, 0) is 42.8 Å². The zero-order valence-corrected chi connectivity index (χ0v) is 21.1. The molecule has 0 aliphatic carbocycles. The number of aryl methyl sites for hydroxylation is 1. The minimum atomic E-state index is -3.76. The maximum Gasteiger partial charge on any atom is 0.269 e. The molecule has 0 atom stereocenters. The number of hydrogen-bond acceptors (Lipinski definition) is 9. The Labute approximate surface area is 202 Å². The fraction of sp³-hybridized carbons (Fsp3) is 0.364. The van der Waals surface area contributed by atoms with Gasteiger partial charge in [0.1, 0.15) is 11.3 Å². The van der Waals surface area contributed by atoms with Crippen LogP contribution in [0.15, 0.2) is 41.3 Å². The number of hydrogen-bond donors (Lipinski definition) is 2. The number of sulfonamides is 1. The average molecular weight is 509 g/mol. The zero-order chi connectivity index (χ0) is 24.7. The molecule has 0 radical (unpaired) electrons. The molecular weight excluding hydrogens is 480 g/mol. The van der Waals surface area contributed by atoms with Crippen molar-refractivity contribution in [1.29, 1.82) is 0 Å². The predicted molar refractivity (Wildman–Crippen MR) is 131 cm³/mol.